The van der Waals surface area contributed by atoms with Crippen molar-refractivity contribution < 1.29 is 18.7 Å². The van der Waals surface area contributed by atoms with E-state index in [-0.39, 0.29) is 17.9 Å². The van der Waals surface area contributed by atoms with E-state index in [1.165, 1.54) is 20.2 Å². The molecule has 0 aliphatic carbocycles. The lowest BCUT2D eigenvalue weighted by Gasteiger charge is -2.10. The number of rotatable bonds is 3. The van der Waals surface area contributed by atoms with E-state index in [1.807, 2.05) is 0 Å². The van der Waals surface area contributed by atoms with Gasteiger partial charge in [-0.05, 0) is 6.07 Å². The van der Waals surface area contributed by atoms with Gasteiger partial charge in [-0.2, -0.15) is 5.06 Å². The fourth-order valence-corrected chi connectivity index (χ4v) is 1.10. The topological polar surface area (TPSA) is 32.7 Å². The van der Waals surface area contributed by atoms with Crippen LogP contribution >= 0.6 is 0 Å². The Morgan fingerprint density at radius 2 is 2.07 bits per heavy atom. The Kier molecular flexibility index (Phi) is 3.38. The van der Waals surface area contributed by atoms with Gasteiger partial charge in [0, 0.05) is 18.7 Å². The van der Waals surface area contributed by atoms with Crippen molar-refractivity contribution in [2.75, 3.05) is 14.2 Å². The highest BCUT2D eigenvalue weighted by Gasteiger charge is 2.12. The lowest BCUT2D eigenvalue weighted by Crippen LogP contribution is -2.13. The van der Waals surface area contributed by atoms with Gasteiger partial charge in [0.1, 0.15) is 5.75 Å². The Morgan fingerprint density at radius 3 is 2.57 bits per heavy atom. The first-order valence-corrected chi connectivity index (χ1v) is 3.96. The summed E-state index contributed by atoms with van der Waals surface area (Å²) in [5.74, 6) is -1.73. The third-order valence-electron chi connectivity index (χ3n) is 1.71. The van der Waals surface area contributed by atoms with Gasteiger partial charge in [0.15, 0.2) is 11.6 Å². The Balaban J connectivity index is 3.07. The molecule has 0 aliphatic rings. The molecule has 1 aromatic rings. The number of ether oxygens (including phenoxy) is 1. The highest BCUT2D eigenvalue weighted by molar-refractivity contribution is 5.30. The van der Waals surface area contributed by atoms with Crippen molar-refractivity contribution in [3.63, 3.8) is 0 Å². The Morgan fingerprint density at radius 1 is 1.43 bits per heavy atom. The molecule has 1 aromatic carbocycles. The molecule has 3 nitrogen and oxygen atoms in total. The van der Waals surface area contributed by atoms with Crippen LogP contribution in [-0.2, 0) is 6.54 Å². The van der Waals surface area contributed by atoms with Crippen molar-refractivity contribution in [2.24, 2.45) is 0 Å². The number of halogens is 2. The normalized spacial score (nSPS) is 10.7. The maximum atomic E-state index is 13.1. The molecule has 0 fully saturated rings. The van der Waals surface area contributed by atoms with E-state index >= 15 is 0 Å². The maximum absolute atomic E-state index is 13.1. The number of methoxy groups -OCH3 is 1. The fourth-order valence-electron chi connectivity index (χ4n) is 1.10. The zero-order chi connectivity index (χ0) is 10.7. The minimum absolute atomic E-state index is 0.0480. The van der Waals surface area contributed by atoms with Gasteiger partial charge in [-0.25, -0.2) is 8.78 Å². The number of hydrogen-bond donors (Lipinski definition) is 1. The molecular formula is C9H11F2NO2. The second-order valence-electron chi connectivity index (χ2n) is 2.90. The molecule has 0 heterocycles. The second-order valence-corrected chi connectivity index (χ2v) is 2.90. The summed E-state index contributed by atoms with van der Waals surface area (Å²) in [7, 11) is 2.70. The Bertz CT molecular complexity index is 329. The van der Waals surface area contributed by atoms with Crippen LogP contribution in [0.5, 0.6) is 5.75 Å². The van der Waals surface area contributed by atoms with E-state index in [0.717, 1.165) is 11.1 Å². The molecule has 0 saturated carbocycles. The standard InChI is InChI=1S/C9H11F2NO2/c1-12(13)5-6-3-7(14-2)4-8(10)9(6)11/h3-4,13H,5H2,1-2H3. The van der Waals surface area contributed by atoms with Crippen LogP contribution in [0.25, 0.3) is 0 Å². The zero-order valence-electron chi connectivity index (χ0n) is 7.92. The van der Waals surface area contributed by atoms with Crippen LogP contribution in [-0.4, -0.2) is 24.4 Å². The van der Waals surface area contributed by atoms with E-state index < -0.39 is 11.6 Å². The van der Waals surface area contributed by atoms with Crippen LogP contribution in [0.2, 0.25) is 0 Å². The van der Waals surface area contributed by atoms with Gasteiger partial charge in [0.2, 0.25) is 0 Å². The quantitative estimate of drug-likeness (QED) is 0.760. The van der Waals surface area contributed by atoms with Crippen LogP contribution < -0.4 is 4.74 Å². The molecule has 78 valence electrons. The molecule has 0 spiro atoms. The van der Waals surface area contributed by atoms with Crippen LogP contribution in [0, 0.1) is 11.6 Å². The minimum Gasteiger partial charge on any atom is -0.497 e. The van der Waals surface area contributed by atoms with E-state index in [0.29, 0.717) is 0 Å². The molecular weight excluding hydrogens is 192 g/mol. The monoisotopic (exact) mass is 203 g/mol. The summed E-state index contributed by atoms with van der Waals surface area (Å²) >= 11 is 0. The molecule has 0 atom stereocenters. The summed E-state index contributed by atoms with van der Waals surface area (Å²) in [5.41, 5.74) is 0.0480. The van der Waals surface area contributed by atoms with Gasteiger partial charge in [-0.15, -0.1) is 0 Å². The SMILES string of the molecule is COc1cc(F)c(F)c(CN(C)O)c1. The lowest BCUT2D eigenvalue weighted by atomic mass is 10.2. The molecule has 1 N–H and O–H groups in total. The number of hydrogen-bond acceptors (Lipinski definition) is 3. The molecule has 1 rings (SSSR count). The van der Waals surface area contributed by atoms with Gasteiger partial charge in [0.25, 0.3) is 0 Å². The maximum Gasteiger partial charge on any atom is 0.163 e. The third kappa shape index (κ3) is 2.40. The molecule has 0 aromatic heterocycles. The fraction of sp³-hybridized carbons (Fsp3) is 0.333. The summed E-state index contributed by atoms with van der Waals surface area (Å²) in [6.07, 6.45) is 0. The van der Waals surface area contributed by atoms with Crippen LogP contribution in [0.1, 0.15) is 5.56 Å². The van der Waals surface area contributed by atoms with Gasteiger partial charge in [-0.1, -0.05) is 0 Å². The molecule has 0 saturated heterocycles. The molecule has 0 unspecified atom stereocenters. The van der Waals surface area contributed by atoms with Crippen molar-refractivity contribution in [1.29, 1.82) is 0 Å². The summed E-state index contributed by atoms with van der Waals surface area (Å²) in [6, 6.07) is 2.29. The minimum atomic E-state index is -0.985. The highest BCUT2D eigenvalue weighted by Crippen LogP contribution is 2.20. The Labute approximate surface area is 80.5 Å². The third-order valence-corrected chi connectivity index (χ3v) is 1.71. The van der Waals surface area contributed by atoms with Crippen LogP contribution in [0.4, 0.5) is 8.78 Å². The molecule has 0 amide bonds. The summed E-state index contributed by atoms with van der Waals surface area (Å²) in [4.78, 5) is 0. The van der Waals surface area contributed by atoms with Crippen molar-refractivity contribution in [3.8, 4) is 5.75 Å². The van der Waals surface area contributed by atoms with Gasteiger partial charge in [0.05, 0.1) is 13.7 Å². The van der Waals surface area contributed by atoms with Crippen molar-refractivity contribution >= 4 is 0 Å². The van der Waals surface area contributed by atoms with Crippen LogP contribution in [0.3, 0.4) is 0 Å². The Hall–Kier alpha value is -1.20. The zero-order valence-corrected chi connectivity index (χ0v) is 7.92. The number of benzene rings is 1. The highest BCUT2D eigenvalue weighted by atomic mass is 19.2. The van der Waals surface area contributed by atoms with E-state index in [2.05, 4.69) is 0 Å². The lowest BCUT2D eigenvalue weighted by molar-refractivity contribution is -0.0739. The largest absolute Gasteiger partial charge is 0.497 e. The predicted octanol–water partition coefficient (Wildman–Crippen LogP) is 1.79. The van der Waals surface area contributed by atoms with Crippen LogP contribution in [0.15, 0.2) is 12.1 Å². The van der Waals surface area contributed by atoms with Gasteiger partial charge in [-0.3, -0.25) is 0 Å². The first-order chi connectivity index (χ1) is 6.54. The molecule has 14 heavy (non-hydrogen) atoms. The summed E-state index contributed by atoms with van der Waals surface area (Å²) < 4.78 is 30.8. The second kappa shape index (κ2) is 4.34. The summed E-state index contributed by atoms with van der Waals surface area (Å²) in [5, 5.41) is 9.65. The summed E-state index contributed by atoms with van der Waals surface area (Å²) in [6.45, 7) is -0.0973. The number of nitrogens with zero attached hydrogens (tertiary/aromatic N) is 1. The first kappa shape index (κ1) is 10.9. The molecule has 0 radical (unpaired) electrons. The van der Waals surface area contributed by atoms with Gasteiger partial charge < -0.3 is 9.94 Å². The smallest absolute Gasteiger partial charge is 0.163 e. The average Bonchev–Trinajstić information content (AvgIpc) is 2.11. The van der Waals surface area contributed by atoms with Crippen molar-refractivity contribution in [3.05, 3.63) is 29.3 Å². The van der Waals surface area contributed by atoms with Gasteiger partial charge >= 0.3 is 0 Å². The van der Waals surface area contributed by atoms with Crippen molar-refractivity contribution in [1.82, 2.24) is 5.06 Å². The predicted molar refractivity (Wildman–Crippen MR) is 46.2 cm³/mol. The molecule has 5 heteroatoms. The van der Waals surface area contributed by atoms with Crippen molar-refractivity contribution in [2.45, 2.75) is 6.54 Å². The first-order valence-electron chi connectivity index (χ1n) is 3.96. The van der Waals surface area contributed by atoms with E-state index in [4.69, 9.17) is 9.94 Å². The molecule has 0 bridgehead atoms. The van der Waals surface area contributed by atoms with E-state index in [1.54, 1.807) is 0 Å². The number of hydroxylamine groups is 2. The average molecular weight is 203 g/mol. The molecule has 0 aliphatic heterocycles. The van der Waals surface area contributed by atoms with E-state index in [9.17, 15) is 8.78 Å².